The number of rotatable bonds is 6. The first-order valence-corrected chi connectivity index (χ1v) is 9.56. The number of thioether (sulfide) groups is 1. The molecule has 1 heterocycles. The van der Waals surface area contributed by atoms with E-state index >= 15 is 0 Å². The van der Waals surface area contributed by atoms with E-state index in [4.69, 9.17) is 14.6 Å². The van der Waals surface area contributed by atoms with Crippen LogP contribution >= 0.6 is 27.7 Å². The summed E-state index contributed by atoms with van der Waals surface area (Å²) in [5.41, 5.74) is 1.09. The summed E-state index contributed by atoms with van der Waals surface area (Å²) in [7, 11) is 1.42. The highest BCUT2D eigenvalue weighted by atomic mass is 79.9. The molecular weight excluding hydrogens is 450 g/mol. The topological polar surface area (TPSA) is 93.1 Å². The van der Waals surface area contributed by atoms with Gasteiger partial charge < -0.3 is 14.6 Å². The predicted octanol–water partition coefficient (Wildman–Crippen LogP) is 4.16. The van der Waals surface area contributed by atoms with Crippen molar-refractivity contribution in [3.05, 3.63) is 57.4 Å². The molecule has 0 unspecified atom stereocenters. The number of aliphatic carboxylic acids is 1. The van der Waals surface area contributed by atoms with Crippen LogP contribution < -0.4 is 14.4 Å². The SMILES string of the molecule is COc1cc(/C=C2\SC(=O)N(c3ccccc3)C2=O)cc(Br)c1OCC(=O)O. The summed E-state index contributed by atoms with van der Waals surface area (Å²) in [5.74, 6) is -1.00. The van der Waals surface area contributed by atoms with E-state index in [0.29, 0.717) is 21.5 Å². The van der Waals surface area contributed by atoms with Crippen molar-refractivity contribution in [2.45, 2.75) is 0 Å². The van der Waals surface area contributed by atoms with E-state index in [0.717, 1.165) is 16.7 Å². The first-order chi connectivity index (χ1) is 13.4. The number of anilines is 1. The number of hydrogen-bond donors (Lipinski definition) is 1. The molecule has 2 aromatic carbocycles. The molecule has 1 aliphatic heterocycles. The number of carboxylic acids is 1. The molecule has 144 valence electrons. The number of hydrogen-bond acceptors (Lipinski definition) is 6. The number of ether oxygens (including phenoxy) is 2. The van der Waals surface area contributed by atoms with Crippen LogP contribution in [0.25, 0.3) is 6.08 Å². The Hall–Kier alpha value is -2.78. The number of imide groups is 1. The van der Waals surface area contributed by atoms with Crippen molar-refractivity contribution in [2.24, 2.45) is 0 Å². The van der Waals surface area contributed by atoms with E-state index in [2.05, 4.69) is 15.9 Å². The molecule has 1 aliphatic rings. The van der Waals surface area contributed by atoms with Gasteiger partial charge in [-0.25, -0.2) is 9.69 Å². The zero-order chi connectivity index (χ0) is 20.3. The molecule has 1 N–H and O–H groups in total. The maximum atomic E-state index is 12.7. The number of para-hydroxylation sites is 1. The van der Waals surface area contributed by atoms with Crippen LogP contribution in [0, 0.1) is 0 Å². The average Bonchev–Trinajstić information content (AvgIpc) is 2.94. The highest BCUT2D eigenvalue weighted by Crippen LogP contribution is 2.40. The maximum absolute atomic E-state index is 12.7. The van der Waals surface area contributed by atoms with Crippen LogP contribution in [0.4, 0.5) is 10.5 Å². The molecule has 2 amide bonds. The Labute approximate surface area is 173 Å². The third-order valence-corrected chi connectivity index (χ3v) is 5.16. The molecule has 0 saturated carbocycles. The van der Waals surface area contributed by atoms with Gasteiger partial charge in [0.2, 0.25) is 0 Å². The lowest BCUT2D eigenvalue weighted by atomic mass is 10.1. The monoisotopic (exact) mass is 463 g/mol. The Morgan fingerprint density at radius 2 is 1.96 bits per heavy atom. The summed E-state index contributed by atoms with van der Waals surface area (Å²) >= 11 is 4.16. The fourth-order valence-corrected chi connectivity index (χ4v) is 3.93. The van der Waals surface area contributed by atoms with Crippen molar-refractivity contribution < 1.29 is 29.0 Å². The standard InChI is InChI=1S/C19H14BrNO6S/c1-26-14-8-11(7-13(20)17(14)27-10-16(22)23)9-15-18(24)21(19(25)28-15)12-5-3-2-4-6-12/h2-9H,10H2,1H3,(H,22,23)/b15-9-. The lowest BCUT2D eigenvalue weighted by molar-refractivity contribution is -0.139. The van der Waals surface area contributed by atoms with E-state index in [-0.39, 0.29) is 15.9 Å². The second-order valence-electron chi connectivity index (χ2n) is 5.57. The number of halogens is 1. The van der Waals surface area contributed by atoms with E-state index < -0.39 is 18.5 Å². The molecule has 3 rings (SSSR count). The van der Waals surface area contributed by atoms with E-state index in [1.807, 2.05) is 0 Å². The van der Waals surface area contributed by atoms with Crippen molar-refractivity contribution in [1.82, 2.24) is 0 Å². The molecule has 0 aromatic heterocycles. The molecule has 9 heteroatoms. The summed E-state index contributed by atoms with van der Waals surface area (Å²) in [6.07, 6.45) is 1.57. The van der Waals surface area contributed by atoms with Crippen molar-refractivity contribution in [2.75, 3.05) is 18.6 Å². The summed E-state index contributed by atoms with van der Waals surface area (Å²) in [6.45, 7) is -0.524. The Bertz CT molecular complexity index is 976. The number of carbonyl (C=O) groups excluding carboxylic acids is 2. The molecular formula is C19H14BrNO6S. The van der Waals surface area contributed by atoms with Crippen molar-refractivity contribution in [1.29, 1.82) is 0 Å². The summed E-state index contributed by atoms with van der Waals surface area (Å²) < 4.78 is 10.9. The zero-order valence-corrected chi connectivity index (χ0v) is 17.0. The molecule has 0 bridgehead atoms. The molecule has 7 nitrogen and oxygen atoms in total. The number of nitrogens with zero attached hydrogens (tertiary/aromatic N) is 1. The zero-order valence-electron chi connectivity index (χ0n) is 14.5. The van der Waals surface area contributed by atoms with Crippen molar-refractivity contribution in [3.63, 3.8) is 0 Å². The van der Waals surface area contributed by atoms with Crippen LogP contribution in [0.2, 0.25) is 0 Å². The van der Waals surface area contributed by atoms with Crippen molar-refractivity contribution >= 4 is 56.6 Å². The van der Waals surface area contributed by atoms with Gasteiger partial charge in [-0.05, 0) is 63.6 Å². The third kappa shape index (κ3) is 4.20. The van der Waals surface area contributed by atoms with Gasteiger partial charge in [0, 0.05) is 0 Å². The predicted molar refractivity (Wildman–Crippen MR) is 109 cm³/mol. The van der Waals surface area contributed by atoms with Crippen LogP contribution in [0.5, 0.6) is 11.5 Å². The molecule has 0 radical (unpaired) electrons. The molecule has 1 fully saturated rings. The minimum atomic E-state index is -1.12. The molecule has 2 aromatic rings. The van der Waals surface area contributed by atoms with Crippen LogP contribution in [0.3, 0.4) is 0 Å². The number of amides is 2. The van der Waals surface area contributed by atoms with E-state index in [1.54, 1.807) is 48.5 Å². The number of methoxy groups -OCH3 is 1. The maximum Gasteiger partial charge on any atom is 0.341 e. The number of carbonyl (C=O) groups is 3. The van der Waals surface area contributed by atoms with Gasteiger partial charge in [0.25, 0.3) is 11.1 Å². The van der Waals surface area contributed by atoms with Crippen LogP contribution in [-0.2, 0) is 9.59 Å². The Morgan fingerprint density at radius 3 is 2.61 bits per heavy atom. The summed E-state index contributed by atoms with van der Waals surface area (Å²) in [5, 5.41) is 8.40. The van der Waals surface area contributed by atoms with Gasteiger partial charge in [-0.15, -0.1) is 0 Å². The molecule has 0 spiro atoms. The van der Waals surface area contributed by atoms with Crippen molar-refractivity contribution in [3.8, 4) is 11.5 Å². The molecule has 1 saturated heterocycles. The highest BCUT2D eigenvalue weighted by molar-refractivity contribution is 9.10. The van der Waals surface area contributed by atoms with Gasteiger partial charge in [0.15, 0.2) is 18.1 Å². The first kappa shape index (κ1) is 20.0. The molecule has 0 aliphatic carbocycles. The highest BCUT2D eigenvalue weighted by Gasteiger charge is 2.36. The minimum absolute atomic E-state index is 0.236. The average molecular weight is 464 g/mol. The number of carboxylic acid groups (broad SMARTS) is 1. The van der Waals surface area contributed by atoms with Gasteiger partial charge in [-0.3, -0.25) is 9.59 Å². The summed E-state index contributed by atoms with van der Waals surface area (Å²) in [4.78, 5) is 37.1. The Kier molecular flexibility index (Phi) is 6.05. The Balaban J connectivity index is 1.91. The Morgan fingerprint density at radius 1 is 1.25 bits per heavy atom. The van der Waals surface area contributed by atoms with E-state index in [1.165, 1.54) is 7.11 Å². The molecule has 0 atom stereocenters. The first-order valence-electron chi connectivity index (χ1n) is 7.96. The second kappa shape index (κ2) is 8.49. The second-order valence-corrected chi connectivity index (χ2v) is 7.42. The van der Waals surface area contributed by atoms with Gasteiger partial charge in [0.1, 0.15) is 0 Å². The fourth-order valence-electron chi connectivity index (χ4n) is 2.52. The van der Waals surface area contributed by atoms with Crippen LogP contribution in [0.1, 0.15) is 5.56 Å². The van der Waals surface area contributed by atoms with Gasteiger partial charge in [-0.1, -0.05) is 18.2 Å². The smallest absolute Gasteiger partial charge is 0.341 e. The largest absolute Gasteiger partial charge is 0.493 e. The van der Waals surface area contributed by atoms with Crippen LogP contribution in [-0.4, -0.2) is 35.9 Å². The quantitative estimate of drug-likeness (QED) is 0.642. The van der Waals surface area contributed by atoms with Crippen LogP contribution in [0.15, 0.2) is 51.8 Å². The lowest BCUT2D eigenvalue weighted by Gasteiger charge is -2.13. The lowest BCUT2D eigenvalue weighted by Crippen LogP contribution is -2.27. The normalized spacial score (nSPS) is 15.2. The molecule has 28 heavy (non-hydrogen) atoms. The fraction of sp³-hybridized carbons (Fsp3) is 0.105. The third-order valence-electron chi connectivity index (χ3n) is 3.70. The van der Waals surface area contributed by atoms with Gasteiger partial charge in [0.05, 0.1) is 22.2 Å². The number of benzene rings is 2. The minimum Gasteiger partial charge on any atom is -0.493 e. The van der Waals surface area contributed by atoms with Gasteiger partial charge in [-0.2, -0.15) is 0 Å². The summed E-state index contributed by atoms with van der Waals surface area (Å²) in [6, 6.07) is 11.9. The van der Waals surface area contributed by atoms with Gasteiger partial charge >= 0.3 is 5.97 Å². The van der Waals surface area contributed by atoms with E-state index in [9.17, 15) is 14.4 Å².